The molecule has 2 amide bonds. The predicted octanol–water partition coefficient (Wildman–Crippen LogP) is 8.24. The highest BCUT2D eigenvalue weighted by Gasteiger charge is 2.35. The number of ether oxygens (including phenoxy) is 1. The minimum Gasteiger partial charge on any atom is -0.487 e. The fourth-order valence-corrected chi connectivity index (χ4v) is 6.04. The molecule has 1 saturated heterocycles. The second kappa shape index (κ2) is 11.4. The SMILES string of the molecule is O=C1S/C(=C\c2cc(Br)c(OCc3ccc([N+](=O)[O-])cc3)c(Br)c2)C(=O)N1Cc1ccc(Cl)cc1Cl. The summed E-state index contributed by atoms with van der Waals surface area (Å²) in [4.78, 5) is 37.2. The van der Waals surface area contributed by atoms with Crippen LogP contribution in [-0.4, -0.2) is 21.0 Å². The molecular formula is C24H14Br2Cl2N2O5S. The summed E-state index contributed by atoms with van der Waals surface area (Å²) in [5, 5.41) is 11.3. The molecule has 36 heavy (non-hydrogen) atoms. The number of hydrogen-bond acceptors (Lipinski definition) is 6. The van der Waals surface area contributed by atoms with Gasteiger partial charge in [0.1, 0.15) is 12.4 Å². The van der Waals surface area contributed by atoms with Gasteiger partial charge in [0, 0.05) is 22.2 Å². The monoisotopic (exact) mass is 670 g/mol. The van der Waals surface area contributed by atoms with Gasteiger partial charge in [-0.1, -0.05) is 29.3 Å². The highest BCUT2D eigenvalue weighted by molar-refractivity contribution is 9.11. The van der Waals surface area contributed by atoms with Gasteiger partial charge < -0.3 is 4.74 Å². The number of amides is 2. The molecule has 0 radical (unpaired) electrons. The van der Waals surface area contributed by atoms with Crippen LogP contribution in [-0.2, 0) is 17.9 Å². The number of nitrogens with zero attached hydrogens (tertiary/aromatic N) is 2. The van der Waals surface area contributed by atoms with Gasteiger partial charge in [-0.2, -0.15) is 0 Å². The third-order valence-electron chi connectivity index (χ3n) is 5.07. The Balaban J connectivity index is 1.48. The second-order valence-electron chi connectivity index (χ2n) is 7.53. The zero-order chi connectivity index (χ0) is 26.0. The Morgan fingerprint density at radius 1 is 1.03 bits per heavy atom. The quantitative estimate of drug-likeness (QED) is 0.143. The summed E-state index contributed by atoms with van der Waals surface area (Å²) in [6, 6.07) is 14.5. The van der Waals surface area contributed by atoms with Crippen molar-refractivity contribution in [2.24, 2.45) is 0 Å². The summed E-state index contributed by atoms with van der Waals surface area (Å²) in [6.45, 7) is 0.238. The highest BCUT2D eigenvalue weighted by Crippen LogP contribution is 2.39. The number of carbonyl (C=O) groups excluding carboxylic acids is 2. The van der Waals surface area contributed by atoms with Gasteiger partial charge in [-0.15, -0.1) is 0 Å². The van der Waals surface area contributed by atoms with Crippen molar-refractivity contribution in [3.05, 3.63) is 105 Å². The van der Waals surface area contributed by atoms with E-state index in [1.807, 2.05) is 0 Å². The average Bonchev–Trinajstić information content (AvgIpc) is 3.07. The van der Waals surface area contributed by atoms with Crippen LogP contribution in [0.5, 0.6) is 5.75 Å². The molecule has 0 unspecified atom stereocenters. The lowest BCUT2D eigenvalue weighted by atomic mass is 10.2. The van der Waals surface area contributed by atoms with E-state index in [1.54, 1.807) is 48.5 Å². The van der Waals surface area contributed by atoms with Crippen molar-refractivity contribution in [2.75, 3.05) is 0 Å². The van der Waals surface area contributed by atoms with Gasteiger partial charge in [-0.25, -0.2) is 0 Å². The van der Waals surface area contributed by atoms with Crippen molar-refractivity contribution in [1.82, 2.24) is 4.90 Å². The first-order chi connectivity index (χ1) is 17.1. The van der Waals surface area contributed by atoms with E-state index in [0.29, 0.717) is 35.9 Å². The Kier molecular flexibility index (Phi) is 8.41. The molecule has 184 valence electrons. The van der Waals surface area contributed by atoms with Crippen LogP contribution in [0.1, 0.15) is 16.7 Å². The van der Waals surface area contributed by atoms with Crippen LogP contribution in [0.25, 0.3) is 6.08 Å². The van der Waals surface area contributed by atoms with Gasteiger partial charge in [0.05, 0.1) is 25.3 Å². The maximum atomic E-state index is 12.9. The molecule has 0 aliphatic carbocycles. The molecule has 1 heterocycles. The van der Waals surface area contributed by atoms with E-state index in [9.17, 15) is 19.7 Å². The van der Waals surface area contributed by atoms with E-state index < -0.39 is 16.1 Å². The van der Waals surface area contributed by atoms with Gasteiger partial charge in [-0.3, -0.25) is 24.6 Å². The number of benzene rings is 3. The van der Waals surface area contributed by atoms with Crippen molar-refractivity contribution in [1.29, 1.82) is 0 Å². The van der Waals surface area contributed by atoms with Crippen LogP contribution in [0.3, 0.4) is 0 Å². The van der Waals surface area contributed by atoms with E-state index in [-0.39, 0.29) is 23.7 Å². The average molecular weight is 673 g/mol. The molecule has 1 aliphatic rings. The van der Waals surface area contributed by atoms with E-state index in [2.05, 4.69) is 31.9 Å². The van der Waals surface area contributed by atoms with Gasteiger partial charge in [0.2, 0.25) is 0 Å². The van der Waals surface area contributed by atoms with Crippen LogP contribution < -0.4 is 4.74 Å². The van der Waals surface area contributed by atoms with Crippen molar-refractivity contribution in [2.45, 2.75) is 13.2 Å². The van der Waals surface area contributed by atoms with E-state index in [0.717, 1.165) is 22.2 Å². The molecule has 0 bridgehead atoms. The Morgan fingerprint density at radius 3 is 2.31 bits per heavy atom. The number of non-ortho nitro benzene ring substituents is 1. The molecule has 4 rings (SSSR count). The number of nitro benzene ring substituents is 1. The van der Waals surface area contributed by atoms with Crippen molar-refractivity contribution in [3.63, 3.8) is 0 Å². The third-order valence-corrected chi connectivity index (χ3v) is 7.74. The van der Waals surface area contributed by atoms with Crippen LogP contribution in [0.4, 0.5) is 10.5 Å². The summed E-state index contributed by atoms with van der Waals surface area (Å²) in [7, 11) is 0. The van der Waals surface area contributed by atoms with Crippen molar-refractivity contribution >= 4 is 89.7 Å². The summed E-state index contributed by atoms with van der Waals surface area (Å²) in [5.74, 6) is 0.109. The highest BCUT2D eigenvalue weighted by atomic mass is 79.9. The molecule has 3 aromatic carbocycles. The number of rotatable bonds is 7. The molecular weight excluding hydrogens is 659 g/mol. The van der Waals surface area contributed by atoms with Crippen molar-refractivity contribution < 1.29 is 19.2 Å². The molecule has 7 nitrogen and oxygen atoms in total. The molecule has 12 heteroatoms. The Bertz CT molecular complexity index is 1390. The second-order valence-corrected chi connectivity index (χ2v) is 11.1. The van der Waals surface area contributed by atoms with Gasteiger partial charge >= 0.3 is 0 Å². The topological polar surface area (TPSA) is 89.7 Å². The molecule has 1 aliphatic heterocycles. The largest absolute Gasteiger partial charge is 0.487 e. The number of carbonyl (C=O) groups is 2. The van der Waals surface area contributed by atoms with E-state index >= 15 is 0 Å². The van der Waals surface area contributed by atoms with Gasteiger partial charge in [0.25, 0.3) is 16.8 Å². The lowest BCUT2D eigenvalue weighted by Gasteiger charge is -2.14. The molecule has 1 fully saturated rings. The molecule has 3 aromatic rings. The number of thioether (sulfide) groups is 1. The minimum absolute atomic E-state index is 0.00569. The van der Waals surface area contributed by atoms with Crippen LogP contribution >= 0.6 is 66.8 Å². The third kappa shape index (κ3) is 6.12. The lowest BCUT2D eigenvalue weighted by molar-refractivity contribution is -0.384. The fourth-order valence-electron chi connectivity index (χ4n) is 3.28. The summed E-state index contributed by atoms with van der Waals surface area (Å²) in [5.41, 5.74) is 2.06. The van der Waals surface area contributed by atoms with Crippen LogP contribution in [0.15, 0.2) is 68.4 Å². The van der Waals surface area contributed by atoms with E-state index in [1.165, 1.54) is 12.1 Å². The maximum Gasteiger partial charge on any atom is 0.293 e. The Labute approximate surface area is 236 Å². The minimum atomic E-state index is -0.460. The number of nitro groups is 1. The molecule has 0 N–H and O–H groups in total. The smallest absolute Gasteiger partial charge is 0.293 e. The zero-order valence-electron chi connectivity index (χ0n) is 18.0. The molecule has 0 spiro atoms. The van der Waals surface area contributed by atoms with Gasteiger partial charge in [0.15, 0.2) is 0 Å². The first kappa shape index (κ1) is 26.7. The first-order valence-corrected chi connectivity index (χ1v) is 13.3. The Hall–Kier alpha value is -2.37. The van der Waals surface area contributed by atoms with Gasteiger partial charge in [-0.05, 0) is 103 Å². The number of imide groups is 1. The summed E-state index contributed by atoms with van der Waals surface area (Å²) in [6.07, 6.45) is 1.63. The van der Waals surface area contributed by atoms with Crippen molar-refractivity contribution in [3.8, 4) is 5.75 Å². The predicted molar refractivity (Wildman–Crippen MR) is 147 cm³/mol. The zero-order valence-corrected chi connectivity index (χ0v) is 23.5. The summed E-state index contributed by atoms with van der Waals surface area (Å²) < 4.78 is 7.12. The molecule has 0 aromatic heterocycles. The Morgan fingerprint density at radius 2 is 1.69 bits per heavy atom. The normalized spacial score (nSPS) is 14.6. The standard InChI is InChI=1S/C24H14Br2Cl2N2O5S/c25-18-7-14(8-19(26)22(18)35-12-13-1-5-17(6-2-13)30(33)34)9-21-23(31)29(24(32)36-21)11-15-3-4-16(27)10-20(15)28/h1-10H,11-12H2/b21-9-. The van der Waals surface area contributed by atoms with E-state index in [4.69, 9.17) is 27.9 Å². The van der Waals surface area contributed by atoms with Crippen LogP contribution in [0.2, 0.25) is 10.0 Å². The molecule has 0 saturated carbocycles. The molecule has 0 atom stereocenters. The maximum absolute atomic E-state index is 12.9. The fraction of sp³-hybridized carbons (Fsp3) is 0.0833. The van der Waals surface area contributed by atoms with Crippen LogP contribution in [0, 0.1) is 10.1 Å². The summed E-state index contributed by atoms with van der Waals surface area (Å²) >= 11 is 19.9. The number of halogens is 4. The first-order valence-electron chi connectivity index (χ1n) is 10.2. The lowest BCUT2D eigenvalue weighted by Crippen LogP contribution is -2.27. The number of hydrogen-bond donors (Lipinski definition) is 0.